The highest BCUT2D eigenvalue weighted by Crippen LogP contribution is 2.36. The maximum absolute atomic E-state index is 13.3. The summed E-state index contributed by atoms with van der Waals surface area (Å²) >= 11 is 0. The number of hydrogen-bond donors (Lipinski definition) is 0. The van der Waals surface area contributed by atoms with Gasteiger partial charge in [0.1, 0.15) is 0 Å². The lowest BCUT2D eigenvalue weighted by molar-refractivity contribution is -0.137. The Labute approximate surface area is 157 Å². The van der Waals surface area contributed by atoms with Crippen LogP contribution in [0.1, 0.15) is 30.5 Å². The number of nitriles is 1. The summed E-state index contributed by atoms with van der Waals surface area (Å²) < 4.78 is 39.9. The number of piperazine rings is 1. The van der Waals surface area contributed by atoms with Crippen LogP contribution >= 0.6 is 0 Å². The molecule has 27 heavy (non-hydrogen) atoms. The van der Waals surface area contributed by atoms with Crippen LogP contribution in [0.5, 0.6) is 0 Å². The lowest BCUT2D eigenvalue weighted by Crippen LogP contribution is -2.59. The minimum Gasteiger partial charge on any atom is -0.364 e. The summed E-state index contributed by atoms with van der Waals surface area (Å²) in [5, 5.41) is 8.99. The number of hydrogen-bond acceptors (Lipinski definition) is 3. The van der Waals surface area contributed by atoms with Crippen LogP contribution in [-0.4, -0.2) is 30.1 Å². The molecule has 2 aromatic carbocycles. The molecule has 1 aliphatic heterocycles. The molecule has 0 amide bonds. The molecular weight excluding hydrogens is 351 g/mol. The van der Waals surface area contributed by atoms with Crippen LogP contribution in [0.15, 0.2) is 48.5 Å². The van der Waals surface area contributed by atoms with Crippen molar-refractivity contribution in [3.8, 4) is 6.07 Å². The van der Waals surface area contributed by atoms with Gasteiger partial charge in [-0.3, -0.25) is 4.90 Å². The van der Waals surface area contributed by atoms with Gasteiger partial charge in [-0.1, -0.05) is 30.3 Å². The van der Waals surface area contributed by atoms with Crippen molar-refractivity contribution in [2.45, 2.75) is 32.1 Å². The van der Waals surface area contributed by atoms with E-state index in [4.69, 9.17) is 5.26 Å². The summed E-state index contributed by atoms with van der Waals surface area (Å²) in [6.45, 7) is 7.02. The standard InChI is InChI=1S/C21H22F3N3/c1-20(2)15-26(14-16-6-4-3-5-7-16)10-11-27(20)18-9-8-17(13-25)19(12-18)21(22,23)24/h3-9,12H,10-11,14-15H2,1-2H3. The van der Waals surface area contributed by atoms with Gasteiger partial charge < -0.3 is 4.90 Å². The van der Waals surface area contributed by atoms with Crippen LogP contribution in [0.2, 0.25) is 0 Å². The highest BCUT2D eigenvalue weighted by Gasteiger charge is 2.37. The van der Waals surface area contributed by atoms with Crippen molar-refractivity contribution in [1.29, 1.82) is 5.26 Å². The lowest BCUT2D eigenvalue weighted by Gasteiger charge is -2.48. The minimum atomic E-state index is -4.54. The van der Waals surface area contributed by atoms with Crippen LogP contribution in [0.3, 0.4) is 0 Å². The first-order chi connectivity index (χ1) is 12.7. The molecule has 0 unspecified atom stereocenters. The topological polar surface area (TPSA) is 30.3 Å². The second kappa shape index (κ2) is 7.24. The van der Waals surface area contributed by atoms with Gasteiger partial charge in [0.2, 0.25) is 0 Å². The van der Waals surface area contributed by atoms with E-state index in [0.717, 1.165) is 25.7 Å². The minimum absolute atomic E-state index is 0.329. The van der Waals surface area contributed by atoms with Crippen molar-refractivity contribution >= 4 is 5.69 Å². The molecule has 1 aliphatic rings. The quantitative estimate of drug-likeness (QED) is 0.783. The van der Waals surface area contributed by atoms with Gasteiger partial charge in [0.25, 0.3) is 0 Å². The van der Waals surface area contributed by atoms with E-state index < -0.39 is 11.7 Å². The van der Waals surface area contributed by atoms with Crippen LogP contribution in [0.25, 0.3) is 0 Å². The van der Waals surface area contributed by atoms with Crippen molar-refractivity contribution in [2.24, 2.45) is 0 Å². The maximum atomic E-state index is 13.3. The van der Waals surface area contributed by atoms with E-state index in [1.807, 2.05) is 36.9 Å². The highest BCUT2D eigenvalue weighted by molar-refractivity contribution is 5.56. The van der Waals surface area contributed by atoms with Gasteiger partial charge in [-0.05, 0) is 37.6 Å². The average Bonchev–Trinajstić information content (AvgIpc) is 2.61. The lowest BCUT2D eigenvalue weighted by atomic mass is 9.96. The maximum Gasteiger partial charge on any atom is 0.417 e. The molecule has 1 fully saturated rings. The molecule has 0 N–H and O–H groups in total. The molecule has 3 rings (SSSR count). The molecule has 0 saturated carbocycles. The number of nitrogens with zero attached hydrogens (tertiary/aromatic N) is 3. The molecule has 0 bridgehead atoms. The van der Waals surface area contributed by atoms with Gasteiger partial charge >= 0.3 is 6.18 Å². The smallest absolute Gasteiger partial charge is 0.364 e. The summed E-state index contributed by atoms with van der Waals surface area (Å²) in [4.78, 5) is 4.32. The van der Waals surface area contributed by atoms with E-state index in [1.54, 1.807) is 12.1 Å². The Morgan fingerprint density at radius 2 is 1.78 bits per heavy atom. The third-order valence-electron chi connectivity index (χ3n) is 4.97. The molecular formula is C21H22F3N3. The molecule has 0 atom stereocenters. The second-order valence-electron chi connectivity index (χ2n) is 7.50. The van der Waals surface area contributed by atoms with Crippen LogP contribution in [0.4, 0.5) is 18.9 Å². The Balaban J connectivity index is 1.82. The number of anilines is 1. The Hall–Kier alpha value is -2.52. The van der Waals surface area contributed by atoms with Crippen molar-refractivity contribution in [3.05, 3.63) is 65.2 Å². The van der Waals surface area contributed by atoms with Crippen molar-refractivity contribution in [3.63, 3.8) is 0 Å². The van der Waals surface area contributed by atoms with Crippen LogP contribution < -0.4 is 4.90 Å². The van der Waals surface area contributed by atoms with E-state index in [0.29, 0.717) is 12.2 Å². The van der Waals surface area contributed by atoms with Crippen molar-refractivity contribution in [1.82, 2.24) is 4.90 Å². The second-order valence-corrected chi connectivity index (χ2v) is 7.50. The first kappa shape index (κ1) is 19.2. The molecule has 6 heteroatoms. The number of benzene rings is 2. The highest BCUT2D eigenvalue weighted by atomic mass is 19.4. The van der Waals surface area contributed by atoms with Crippen molar-refractivity contribution < 1.29 is 13.2 Å². The van der Waals surface area contributed by atoms with Gasteiger partial charge in [-0.15, -0.1) is 0 Å². The summed E-state index contributed by atoms with van der Waals surface area (Å²) in [7, 11) is 0. The number of halogens is 3. The molecule has 0 spiro atoms. The molecule has 2 aromatic rings. The first-order valence-corrected chi connectivity index (χ1v) is 8.86. The molecule has 0 radical (unpaired) electrons. The van der Waals surface area contributed by atoms with Gasteiger partial charge in [0.05, 0.1) is 17.2 Å². The molecule has 0 aromatic heterocycles. The fourth-order valence-corrected chi connectivity index (χ4v) is 3.74. The zero-order chi connectivity index (χ0) is 19.7. The summed E-state index contributed by atoms with van der Waals surface area (Å²) in [5.74, 6) is 0. The average molecular weight is 373 g/mol. The predicted molar refractivity (Wildman–Crippen MR) is 99.3 cm³/mol. The summed E-state index contributed by atoms with van der Waals surface area (Å²) in [5.41, 5.74) is 0.186. The van der Waals surface area contributed by atoms with E-state index in [2.05, 4.69) is 17.0 Å². The van der Waals surface area contributed by atoms with Gasteiger partial charge in [0.15, 0.2) is 0 Å². The van der Waals surface area contributed by atoms with E-state index in [9.17, 15) is 13.2 Å². The zero-order valence-corrected chi connectivity index (χ0v) is 15.4. The molecule has 1 saturated heterocycles. The third kappa shape index (κ3) is 4.25. The number of rotatable bonds is 3. The monoisotopic (exact) mass is 373 g/mol. The Kier molecular flexibility index (Phi) is 5.16. The van der Waals surface area contributed by atoms with Gasteiger partial charge in [-0.2, -0.15) is 18.4 Å². The fraction of sp³-hybridized carbons (Fsp3) is 0.381. The summed E-state index contributed by atoms with van der Waals surface area (Å²) in [6, 6.07) is 15.8. The Bertz CT molecular complexity index is 838. The largest absolute Gasteiger partial charge is 0.417 e. The van der Waals surface area contributed by atoms with Crippen LogP contribution in [-0.2, 0) is 12.7 Å². The first-order valence-electron chi connectivity index (χ1n) is 8.86. The Morgan fingerprint density at radius 3 is 2.37 bits per heavy atom. The normalized spacial score (nSPS) is 17.6. The van der Waals surface area contributed by atoms with Crippen molar-refractivity contribution in [2.75, 3.05) is 24.5 Å². The van der Waals surface area contributed by atoms with E-state index in [1.165, 1.54) is 11.6 Å². The van der Waals surface area contributed by atoms with Gasteiger partial charge in [-0.25, -0.2) is 0 Å². The van der Waals surface area contributed by atoms with E-state index in [-0.39, 0.29) is 11.1 Å². The summed E-state index contributed by atoms with van der Waals surface area (Å²) in [6.07, 6.45) is -4.54. The molecule has 1 heterocycles. The zero-order valence-electron chi connectivity index (χ0n) is 15.4. The number of alkyl halides is 3. The SMILES string of the molecule is CC1(C)CN(Cc2ccccc2)CCN1c1ccc(C#N)c(C(F)(F)F)c1. The van der Waals surface area contributed by atoms with E-state index >= 15 is 0 Å². The molecule has 0 aliphatic carbocycles. The third-order valence-corrected chi connectivity index (χ3v) is 4.97. The molecule has 142 valence electrons. The molecule has 3 nitrogen and oxygen atoms in total. The fourth-order valence-electron chi connectivity index (χ4n) is 3.74. The predicted octanol–water partition coefficient (Wildman–Crippen LogP) is 4.68. The Morgan fingerprint density at radius 1 is 1.07 bits per heavy atom. The van der Waals surface area contributed by atoms with Gasteiger partial charge in [0, 0.05) is 37.4 Å². The van der Waals surface area contributed by atoms with Crippen LogP contribution in [0, 0.1) is 11.3 Å².